The van der Waals surface area contributed by atoms with Gasteiger partial charge < -0.3 is 14.7 Å². The van der Waals surface area contributed by atoms with E-state index in [2.05, 4.69) is 16.8 Å². The van der Waals surface area contributed by atoms with Crippen LogP contribution >= 0.6 is 0 Å². The minimum absolute atomic E-state index is 0.151. The van der Waals surface area contributed by atoms with E-state index in [1.165, 1.54) is 0 Å². The van der Waals surface area contributed by atoms with Gasteiger partial charge in [-0.15, -0.1) is 0 Å². The number of nitrogens with zero attached hydrogens (tertiary/aromatic N) is 4. The Bertz CT molecular complexity index is 345. The van der Waals surface area contributed by atoms with E-state index < -0.39 is 0 Å². The quantitative estimate of drug-likeness (QED) is 0.688. The van der Waals surface area contributed by atoms with Gasteiger partial charge in [-0.25, -0.2) is 0 Å². The summed E-state index contributed by atoms with van der Waals surface area (Å²) in [4.78, 5) is 31.8. The zero-order valence-electron chi connectivity index (χ0n) is 12.7. The summed E-state index contributed by atoms with van der Waals surface area (Å²) < 4.78 is 0. The van der Waals surface area contributed by atoms with Gasteiger partial charge in [0.15, 0.2) is 0 Å². The van der Waals surface area contributed by atoms with Gasteiger partial charge in [0.05, 0.1) is 0 Å². The SMILES string of the molecule is CC(=O)N1CCN(CCC(=O)N2CCN(C)CC2)CC1. The second-order valence-corrected chi connectivity index (χ2v) is 5.78. The molecule has 0 aromatic carbocycles. The Morgan fingerprint density at radius 3 is 1.95 bits per heavy atom. The molecule has 20 heavy (non-hydrogen) atoms. The Morgan fingerprint density at radius 2 is 1.40 bits per heavy atom. The maximum Gasteiger partial charge on any atom is 0.223 e. The standard InChI is InChI=1S/C14H26N4O2/c1-13(19)17-11-7-16(8-12-17)4-3-14(20)18-9-5-15(2)6-10-18/h3-12H2,1-2H3. The Kier molecular flexibility index (Phi) is 5.37. The molecule has 2 aliphatic rings. The number of piperazine rings is 2. The van der Waals surface area contributed by atoms with Crippen molar-refractivity contribution in [1.82, 2.24) is 19.6 Å². The molecule has 2 heterocycles. The van der Waals surface area contributed by atoms with Crippen molar-refractivity contribution in [3.63, 3.8) is 0 Å². The van der Waals surface area contributed by atoms with Crippen molar-refractivity contribution in [2.45, 2.75) is 13.3 Å². The summed E-state index contributed by atoms with van der Waals surface area (Å²) >= 11 is 0. The van der Waals surface area contributed by atoms with Crippen molar-refractivity contribution in [3.8, 4) is 0 Å². The summed E-state index contributed by atoms with van der Waals surface area (Å²) in [6.45, 7) is 9.44. The highest BCUT2D eigenvalue weighted by Gasteiger charge is 2.22. The van der Waals surface area contributed by atoms with Crippen LogP contribution in [0.1, 0.15) is 13.3 Å². The summed E-state index contributed by atoms with van der Waals surface area (Å²) in [6, 6.07) is 0. The molecule has 0 spiro atoms. The van der Waals surface area contributed by atoms with Gasteiger partial charge in [-0.2, -0.15) is 0 Å². The lowest BCUT2D eigenvalue weighted by atomic mass is 10.2. The van der Waals surface area contributed by atoms with Gasteiger partial charge in [0, 0.05) is 72.2 Å². The second-order valence-electron chi connectivity index (χ2n) is 5.78. The molecule has 0 aliphatic carbocycles. The van der Waals surface area contributed by atoms with E-state index in [1.54, 1.807) is 6.92 Å². The molecule has 6 heteroatoms. The van der Waals surface area contributed by atoms with E-state index in [0.29, 0.717) is 6.42 Å². The molecule has 0 N–H and O–H groups in total. The van der Waals surface area contributed by atoms with Crippen molar-refractivity contribution in [2.75, 3.05) is 66.0 Å². The highest BCUT2D eigenvalue weighted by molar-refractivity contribution is 5.76. The van der Waals surface area contributed by atoms with Gasteiger partial charge >= 0.3 is 0 Å². The first-order valence-corrected chi connectivity index (χ1v) is 7.50. The molecule has 0 saturated carbocycles. The fourth-order valence-electron chi connectivity index (χ4n) is 2.75. The van der Waals surface area contributed by atoms with Gasteiger partial charge in [-0.1, -0.05) is 0 Å². The average molecular weight is 282 g/mol. The molecule has 0 radical (unpaired) electrons. The van der Waals surface area contributed by atoms with E-state index in [4.69, 9.17) is 0 Å². The number of carbonyl (C=O) groups excluding carboxylic acids is 2. The average Bonchev–Trinajstić information content (AvgIpc) is 2.46. The summed E-state index contributed by atoms with van der Waals surface area (Å²) in [5, 5.41) is 0. The van der Waals surface area contributed by atoms with Crippen molar-refractivity contribution < 1.29 is 9.59 Å². The molecule has 0 aromatic heterocycles. The molecule has 0 aromatic rings. The molecule has 2 amide bonds. The van der Waals surface area contributed by atoms with E-state index in [-0.39, 0.29) is 11.8 Å². The monoisotopic (exact) mass is 282 g/mol. The van der Waals surface area contributed by atoms with Crippen LogP contribution in [0.15, 0.2) is 0 Å². The number of hydrogen-bond acceptors (Lipinski definition) is 4. The molecule has 2 saturated heterocycles. The first kappa shape index (κ1) is 15.3. The van der Waals surface area contributed by atoms with Crippen LogP contribution in [-0.2, 0) is 9.59 Å². The third-order valence-corrected chi connectivity index (χ3v) is 4.32. The number of carbonyl (C=O) groups is 2. The van der Waals surface area contributed by atoms with Crippen LogP contribution < -0.4 is 0 Å². The molecule has 0 unspecified atom stereocenters. The first-order valence-electron chi connectivity index (χ1n) is 7.50. The lowest BCUT2D eigenvalue weighted by Crippen LogP contribution is -2.50. The lowest BCUT2D eigenvalue weighted by Gasteiger charge is -2.35. The smallest absolute Gasteiger partial charge is 0.223 e. The number of likely N-dealkylation sites (N-methyl/N-ethyl adjacent to an activating group) is 1. The maximum absolute atomic E-state index is 12.1. The highest BCUT2D eigenvalue weighted by Crippen LogP contribution is 2.06. The van der Waals surface area contributed by atoms with Gasteiger partial charge in [0.25, 0.3) is 0 Å². The number of rotatable bonds is 3. The Balaban J connectivity index is 1.65. The molecule has 114 valence electrons. The van der Waals surface area contributed by atoms with Crippen LogP contribution in [0.4, 0.5) is 0 Å². The van der Waals surface area contributed by atoms with Crippen LogP contribution in [0.2, 0.25) is 0 Å². The van der Waals surface area contributed by atoms with Crippen LogP contribution in [0.5, 0.6) is 0 Å². The Hall–Kier alpha value is -1.14. The van der Waals surface area contributed by atoms with Gasteiger partial charge in [0.1, 0.15) is 0 Å². The van der Waals surface area contributed by atoms with Crippen LogP contribution in [-0.4, -0.2) is 97.4 Å². The largest absolute Gasteiger partial charge is 0.340 e. The highest BCUT2D eigenvalue weighted by atomic mass is 16.2. The van der Waals surface area contributed by atoms with E-state index >= 15 is 0 Å². The van der Waals surface area contributed by atoms with E-state index in [9.17, 15) is 9.59 Å². The minimum atomic E-state index is 0.151. The molecular weight excluding hydrogens is 256 g/mol. The van der Waals surface area contributed by atoms with Crippen molar-refractivity contribution in [1.29, 1.82) is 0 Å². The van der Waals surface area contributed by atoms with Gasteiger partial charge in [-0.05, 0) is 7.05 Å². The summed E-state index contributed by atoms with van der Waals surface area (Å²) in [5.74, 6) is 0.422. The third-order valence-electron chi connectivity index (χ3n) is 4.32. The van der Waals surface area contributed by atoms with Gasteiger partial charge in [0.2, 0.25) is 11.8 Å². The Labute approximate surface area is 121 Å². The van der Waals surface area contributed by atoms with E-state index in [0.717, 1.165) is 58.9 Å². The molecule has 2 fully saturated rings. The predicted octanol–water partition coefficient (Wildman–Crippen LogP) is -0.685. The third kappa shape index (κ3) is 4.18. The van der Waals surface area contributed by atoms with Gasteiger partial charge in [-0.3, -0.25) is 14.5 Å². The molecular formula is C14H26N4O2. The molecule has 6 nitrogen and oxygen atoms in total. The predicted molar refractivity (Wildman–Crippen MR) is 77.4 cm³/mol. The van der Waals surface area contributed by atoms with Crippen molar-refractivity contribution >= 4 is 11.8 Å². The topological polar surface area (TPSA) is 47.1 Å². The molecule has 2 aliphatic heterocycles. The summed E-state index contributed by atoms with van der Waals surface area (Å²) in [7, 11) is 2.09. The molecule has 0 bridgehead atoms. The fourth-order valence-corrected chi connectivity index (χ4v) is 2.75. The lowest BCUT2D eigenvalue weighted by molar-refractivity contribution is -0.134. The number of hydrogen-bond donors (Lipinski definition) is 0. The fraction of sp³-hybridized carbons (Fsp3) is 0.857. The molecule has 0 atom stereocenters. The maximum atomic E-state index is 12.1. The second kappa shape index (κ2) is 7.04. The first-order chi connectivity index (χ1) is 9.56. The Morgan fingerprint density at radius 1 is 0.850 bits per heavy atom. The summed E-state index contributed by atoms with van der Waals surface area (Å²) in [6.07, 6.45) is 0.601. The van der Waals surface area contributed by atoms with Crippen LogP contribution in [0, 0.1) is 0 Å². The minimum Gasteiger partial charge on any atom is -0.340 e. The van der Waals surface area contributed by atoms with Crippen molar-refractivity contribution in [3.05, 3.63) is 0 Å². The summed E-state index contributed by atoms with van der Waals surface area (Å²) in [5.41, 5.74) is 0. The zero-order valence-corrected chi connectivity index (χ0v) is 12.7. The zero-order chi connectivity index (χ0) is 14.5. The van der Waals surface area contributed by atoms with Crippen LogP contribution in [0.25, 0.3) is 0 Å². The van der Waals surface area contributed by atoms with E-state index in [1.807, 2.05) is 9.80 Å². The number of amides is 2. The van der Waals surface area contributed by atoms with Crippen molar-refractivity contribution in [2.24, 2.45) is 0 Å². The molecule has 2 rings (SSSR count). The van der Waals surface area contributed by atoms with Crippen LogP contribution in [0.3, 0.4) is 0 Å². The normalized spacial score (nSPS) is 22.1.